The standard InChI is InChI=1S/C21H26N2O3/c24-20(18-13-15-7-5-6-10-19(15)26-21(18)25)22-16-11-12-23(14-16)17-8-3-1-2-4-9-17/h5-7,10,13,16-17H,1-4,8-9,11-12,14H2,(H,22,24). The summed E-state index contributed by atoms with van der Waals surface area (Å²) in [4.78, 5) is 27.3. The third-order valence-corrected chi connectivity index (χ3v) is 5.78. The molecule has 5 heteroatoms. The average Bonchev–Trinajstić information content (AvgIpc) is 2.93. The molecule has 1 unspecified atom stereocenters. The van der Waals surface area contributed by atoms with Crippen molar-refractivity contribution >= 4 is 16.9 Å². The summed E-state index contributed by atoms with van der Waals surface area (Å²) in [5.74, 6) is -0.322. The highest BCUT2D eigenvalue weighted by atomic mass is 16.4. The van der Waals surface area contributed by atoms with Crippen LogP contribution >= 0.6 is 0 Å². The number of nitrogens with zero attached hydrogens (tertiary/aromatic N) is 1. The van der Waals surface area contributed by atoms with Crippen LogP contribution in [0, 0.1) is 0 Å². The van der Waals surface area contributed by atoms with Crippen LogP contribution in [0.3, 0.4) is 0 Å². The first-order valence-corrected chi connectivity index (χ1v) is 9.78. The van der Waals surface area contributed by atoms with Gasteiger partial charge in [-0.15, -0.1) is 0 Å². The predicted octanol–water partition coefficient (Wildman–Crippen LogP) is 3.32. The first-order valence-electron chi connectivity index (χ1n) is 9.78. The summed E-state index contributed by atoms with van der Waals surface area (Å²) in [5, 5.41) is 3.81. The Morgan fingerprint density at radius 2 is 1.85 bits per heavy atom. The van der Waals surface area contributed by atoms with Crippen LogP contribution in [0.1, 0.15) is 55.3 Å². The van der Waals surface area contributed by atoms with Gasteiger partial charge >= 0.3 is 5.63 Å². The van der Waals surface area contributed by atoms with Gasteiger partial charge in [-0.2, -0.15) is 0 Å². The van der Waals surface area contributed by atoms with E-state index >= 15 is 0 Å². The molecule has 4 rings (SSSR count). The normalized spacial score (nSPS) is 22.4. The lowest BCUT2D eigenvalue weighted by atomic mass is 10.1. The molecule has 1 amide bonds. The Morgan fingerprint density at radius 3 is 2.65 bits per heavy atom. The van der Waals surface area contributed by atoms with Gasteiger partial charge < -0.3 is 9.73 Å². The minimum atomic E-state index is -0.570. The van der Waals surface area contributed by atoms with Gasteiger partial charge in [-0.25, -0.2) is 4.79 Å². The molecule has 26 heavy (non-hydrogen) atoms. The Morgan fingerprint density at radius 1 is 1.08 bits per heavy atom. The fourth-order valence-electron chi connectivity index (χ4n) is 4.34. The molecule has 2 aromatic rings. The molecule has 138 valence electrons. The lowest BCUT2D eigenvalue weighted by Crippen LogP contribution is -2.41. The number of carbonyl (C=O) groups excluding carboxylic acids is 1. The Labute approximate surface area is 153 Å². The Kier molecular flexibility index (Phi) is 5.07. The van der Waals surface area contributed by atoms with E-state index < -0.39 is 5.63 Å². The monoisotopic (exact) mass is 354 g/mol. The van der Waals surface area contributed by atoms with Crippen LogP contribution in [-0.2, 0) is 0 Å². The van der Waals surface area contributed by atoms with E-state index in [1.165, 1.54) is 38.5 Å². The number of fused-ring (bicyclic) bond motifs is 1. The Balaban J connectivity index is 1.42. The summed E-state index contributed by atoms with van der Waals surface area (Å²) >= 11 is 0. The summed E-state index contributed by atoms with van der Waals surface area (Å²) in [6, 6.07) is 9.66. The number of likely N-dealkylation sites (tertiary alicyclic amines) is 1. The third-order valence-electron chi connectivity index (χ3n) is 5.78. The second kappa shape index (κ2) is 7.62. The van der Waals surface area contributed by atoms with Crippen molar-refractivity contribution in [3.05, 3.63) is 46.3 Å². The number of hydrogen-bond acceptors (Lipinski definition) is 4. The van der Waals surface area contributed by atoms with Crippen molar-refractivity contribution in [2.75, 3.05) is 13.1 Å². The molecular weight excluding hydrogens is 328 g/mol. The van der Waals surface area contributed by atoms with Crippen molar-refractivity contribution in [3.63, 3.8) is 0 Å². The van der Waals surface area contributed by atoms with Crippen LogP contribution in [0.25, 0.3) is 11.0 Å². The SMILES string of the molecule is O=C(NC1CCN(C2CCCCCC2)C1)c1cc2ccccc2oc1=O. The van der Waals surface area contributed by atoms with Gasteiger partial charge in [0.15, 0.2) is 0 Å². The number of nitrogens with one attached hydrogen (secondary N) is 1. The molecule has 2 heterocycles. The lowest BCUT2D eigenvalue weighted by molar-refractivity contribution is 0.0932. The second-order valence-corrected chi connectivity index (χ2v) is 7.58. The van der Waals surface area contributed by atoms with Crippen molar-refractivity contribution in [2.45, 2.75) is 57.0 Å². The summed E-state index contributed by atoms with van der Waals surface area (Å²) < 4.78 is 5.28. The molecule has 0 bridgehead atoms. The fourth-order valence-corrected chi connectivity index (χ4v) is 4.34. The van der Waals surface area contributed by atoms with Crippen molar-refractivity contribution in [2.24, 2.45) is 0 Å². The van der Waals surface area contributed by atoms with Crippen LogP contribution < -0.4 is 10.9 Å². The third kappa shape index (κ3) is 3.68. The van der Waals surface area contributed by atoms with E-state index in [1.54, 1.807) is 12.1 Å². The second-order valence-electron chi connectivity index (χ2n) is 7.58. The number of benzene rings is 1. The molecule has 1 aliphatic heterocycles. The summed E-state index contributed by atoms with van der Waals surface area (Å²) in [6.45, 7) is 1.91. The quantitative estimate of drug-likeness (QED) is 0.678. The van der Waals surface area contributed by atoms with Gasteiger partial charge in [0.25, 0.3) is 5.91 Å². The number of hydrogen-bond donors (Lipinski definition) is 1. The molecule has 1 N–H and O–H groups in total. The molecule has 1 saturated carbocycles. The molecule has 0 radical (unpaired) electrons. The summed E-state index contributed by atoms with van der Waals surface area (Å²) in [7, 11) is 0. The molecule has 1 aliphatic carbocycles. The van der Waals surface area contributed by atoms with Crippen molar-refractivity contribution in [3.8, 4) is 0 Å². The van der Waals surface area contributed by atoms with Crippen molar-refractivity contribution < 1.29 is 9.21 Å². The van der Waals surface area contributed by atoms with E-state index in [0.717, 1.165) is 24.9 Å². The summed E-state index contributed by atoms with van der Waals surface area (Å²) in [5.41, 5.74) is 0.0332. The van der Waals surface area contributed by atoms with E-state index in [-0.39, 0.29) is 17.5 Å². The highest BCUT2D eigenvalue weighted by Crippen LogP contribution is 2.25. The molecule has 1 aromatic carbocycles. The van der Waals surface area contributed by atoms with E-state index in [9.17, 15) is 9.59 Å². The maximum Gasteiger partial charge on any atom is 0.349 e. The minimum Gasteiger partial charge on any atom is -0.422 e. The number of carbonyl (C=O) groups is 1. The van der Waals surface area contributed by atoms with E-state index in [0.29, 0.717) is 11.6 Å². The highest BCUT2D eigenvalue weighted by Gasteiger charge is 2.30. The zero-order valence-electron chi connectivity index (χ0n) is 15.1. The molecule has 1 aromatic heterocycles. The Hall–Kier alpha value is -2.14. The molecule has 1 saturated heterocycles. The number of rotatable bonds is 3. The van der Waals surface area contributed by atoms with Crippen molar-refractivity contribution in [1.29, 1.82) is 0 Å². The fraction of sp³-hybridized carbons (Fsp3) is 0.524. The summed E-state index contributed by atoms with van der Waals surface area (Å²) in [6.07, 6.45) is 8.82. The average molecular weight is 354 g/mol. The van der Waals surface area contributed by atoms with E-state index in [4.69, 9.17) is 4.42 Å². The van der Waals surface area contributed by atoms with Gasteiger partial charge in [0.05, 0.1) is 0 Å². The number of amides is 1. The topological polar surface area (TPSA) is 62.6 Å². The van der Waals surface area contributed by atoms with Crippen LogP contribution in [0.5, 0.6) is 0 Å². The van der Waals surface area contributed by atoms with Gasteiger partial charge in [0.1, 0.15) is 11.1 Å². The zero-order chi connectivity index (χ0) is 17.9. The molecular formula is C21H26N2O3. The first kappa shape index (κ1) is 17.3. The van der Waals surface area contributed by atoms with Gasteiger partial charge in [0.2, 0.25) is 0 Å². The first-order chi connectivity index (χ1) is 12.7. The molecule has 0 spiro atoms. The van der Waals surface area contributed by atoms with Gasteiger partial charge in [-0.05, 0) is 31.4 Å². The van der Waals surface area contributed by atoms with Crippen molar-refractivity contribution in [1.82, 2.24) is 10.2 Å². The smallest absolute Gasteiger partial charge is 0.349 e. The number of para-hydroxylation sites is 1. The van der Waals surface area contributed by atoms with Gasteiger partial charge in [-0.3, -0.25) is 9.69 Å². The van der Waals surface area contributed by atoms with Gasteiger partial charge in [-0.1, -0.05) is 43.9 Å². The van der Waals surface area contributed by atoms with Crippen LogP contribution in [0.4, 0.5) is 0 Å². The molecule has 2 aliphatic rings. The molecule has 5 nitrogen and oxygen atoms in total. The Bertz CT molecular complexity index is 837. The zero-order valence-corrected chi connectivity index (χ0v) is 15.1. The minimum absolute atomic E-state index is 0.0941. The van der Waals surface area contributed by atoms with Crippen LogP contribution in [-0.4, -0.2) is 36.0 Å². The van der Waals surface area contributed by atoms with Crippen LogP contribution in [0.2, 0.25) is 0 Å². The van der Waals surface area contributed by atoms with Crippen LogP contribution in [0.15, 0.2) is 39.5 Å². The van der Waals surface area contributed by atoms with E-state index in [2.05, 4.69) is 10.2 Å². The van der Waals surface area contributed by atoms with E-state index in [1.807, 2.05) is 18.2 Å². The predicted molar refractivity (Wildman–Crippen MR) is 101 cm³/mol. The largest absolute Gasteiger partial charge is 0.422 e. The lowest BCUT2D eigenvalue weighted by Gasteiger charge is -2.26. The van der Waals surface area contributed by atoms with Gasteiger partial charge in [0, 0.05) is 30.6 Å². The molecule has 1 atom stereocenters. The maximum absolute atomic E-state index is 12.6. The highest BCUT2D eigenvalue weighted by molar-refractivity contribution is 5.96. The maximum atomic E-state index is 12.6. The molecule has 2 fully saturated rings.